The quantitative estimate of drug-likeness (QED) is 0.766. The van der Waals surface area contributed by atoms with E-state index in [-0.39, 0.29) is 18.5 Å². The van der Waals surface area contributed by atoms with Gasteiger partial charge in [0.15, 0.2) is 0 Å². The molecule has 18 heavy (non-hydrogen) atoms. The van der Waals surface area contributed by atoms with Gasteiger partial charge in [-0.2, -0.15) is 13.2 Å². The number of hydrogen-bond acceptors (Lipinski definition) is 5. The number of β-amino-alcohol motifs (C(OH)–C–C–N with tert-alkyl or cyclic N) is 1. The van der Waals surface area contributed by atoms with Crippen molar-refractivity contribution in [1.29, 1.82) is 0 Å². The van der Waals surface area contributed by atoms with Gasteiger partial charge in [-0.05, 0) is 6.42 Å². The maximum atomic E-state index is 12.3. The molecule has 1 aliphatic heterocycles. The van der Waals surface area contributed by atoms with Crippen molar-refractivity contribution in [2.75, 3.05) is 18.0 Å². The highest BCUT2D eigenvalue weighted by atomic mass is 19.4. The van der Waals surface area contributed by atoms with Crippen molar-refractivity contribution in [3.8, 4) is 0 Å². The van der Waals surface area contributed by atoms with Crippen LogP contribution in [0, 0.1) is 0 Å². The van der Waals surface area contributed by atoms with Gasteiger partial charge in [-0.15, -0.1) is 0 Å². The lowest BCUT2D eigenvalue weighted by molar-refractivity contribution is -0.138. The number of hydrogen-bond donors (Lipinski definition) is 2. The summed E-state index contributed by atoms with van der Waals surface area (Å²) in [6.07, 6.45) is -3.13. The highest BCUT2D eigenvalue weighted by Gasteiger charge is 2.32. The summed E-state index contributed by atoms with van der Waals surface area (Å²) >= 11 is 0. The standard InChI is InChI=1S/C10H13F3N4O/c11-10(12,13)6-3-15-9(16-4-6)17-2-1-7(14)8(18)5-17/h3-4,7-8,18H,1-2,5,14H2/t7-,8+/m1/s1. The summed E-state index contributed by atoms with van der Waals surface area (Å²) in [5.74, 6) is 0.175. The average Bonchev–Trinajstić information content (AvgIpc) is 2.32. The number of aliphatic hydroxyl groups is 1. The van der Waals surface area contributed by atoms with Gasteiger partial charge in [0.1, 0.15) is 0 Å². The van der Waals surface area contributed by atoms with Crippen LogP contribution in [0.15, 0.2) is 12.4 Å². The van der Waals surface area contributed by atoms with Gasteiger partial charge in [-0.3, -0.25) is 0 Å². The van der Waals surface area contributed by atoms with Gasteiger partial charge >= 0.3 is 6.18 Å². The van der Waals surface area contributed by atoms with Crippen molar-refractivity contribution >= 4 is 5.95 Å². The van der Waals surface area contributed by atoms with Crippen molar-refractivity contribution in [1.82, 2.24) is 9.97 Å². The first-order valence-corrected chi connectivity index (χ1v) is 5.46. The predicted octanol–water partition coefficient (Wildman–Crippen LogP) is 0.394. The van der Waals surface area contributed by atoms with Crippen molar-refractivity contribution < 1.29 is 18.3 Å². The minimum absolute atomic E-state index is 0.175. The van der Waals surface area contributed by atoms with Crippen LogP contribution in [0.3, 0.4) is 0 Å². The molecule has 2 rings (SSSR count). The fourth-order valence-electron chi connectivity index (χ4n) is 1.76. The Labute approximate surface area is 101 Å². The van der Waals surface area contributed by atoms with E-state index in [1.165, 1.54) is 0 Å². The van der Waals surface area contributed by atoms with E-state index in [9.17, 15) is 18.3 Å². The highest BCUT2D eigenvalue weighted by Crippen LogP contribution is 2.28. The second-order valence-corrected chi connectivity index (χ2v) is 4.24. The van der Waals surface area contributed by atoms with Gasteiger partial charge in [0.2, 0.25) is 5.95 Å². The van der Waals surface area contributed by atoms with E-state index in [2.05, 4.69) is 9.97 Å². The first-order valence-electron chi connectivity index (χ1n) is 5.46. The largest absolute Gasteiger partial charge is 0.419 e. The van der Waals surface area contributed by atoms with Crippen molar-refractivity contribution in [2.24, 2.45) is 5.73 Å². The molecule has 8 heteroatoms. The van der Waals surface area contributed by atoms with Gasteiger partial charge in [-0.25, -0.2) is 9.97 Å². The first kappa shape index (κ1) is 13.0. The van der Waals surface area contributed by atoms with Crippen LogP contribution in [0.2, 0.25) is 0 Å². The van der Waals surface area contributed by atoms with E-state index in [1.54, 1.807) is 4.90 Å². The van der Waals surface area contributed by atoms with E-state index >= 15 is 0 Å². The molecule has 0 bridgehead atoms. The van der Waals surface area contributed by atoms with E-state index < -0.39 is 17.8 Å². The number of nitrogens with zero attached hydrogens (tertiary/aromatic N) is 3. The molecular formula is C10H13F3N4O. The van der Waals surface area contributed by atoms with Gasteiger partial charge in [-0.1, -0.05) is 0 Å². The van der Waals surface area contributed by atoms with E-state index in [1.807, 2.05) is 0 Å². The predicted molar refractivity (Wildman–Crippen MR) is 57.8 cm³/mol. The SMILES string of the molecule is N[C@@H]1CCN(c2ncc(C(F)(F)F)cn2)C[C@@H]1O. The molecule has 2 heterocycles. The smallest absolute Gasteiger partial charge is 0.390 e. The molecule has 0 spiro atoms. The topological polar surface area (TPSA) is 75.3 Å². The second kappa shape index (κ2) is 4.69. The molecular weight excluding hydrogens is 249 g/mol. The van der Waals surface area contributed by atoms with Crippen LogP contribution in [0.4, 0.5) is 19.1 Å². The van der Waals surface area contributed by atoms with Crippen molar-refractivity contribution in [2.45, 2.75) is 24.7 Å². The molecule has 5 nitrogen and oxygen atoms in total. The van der Waals surface area contributed by atoms with Crippen LogP contribution >= 0.6 is 0 Å². The number of aromatic nitrogens is 2. The minimum Gasteiger partial charge on any atom is -0.390 e. The van der Waals surface area contributed by atoms with Crippen molar-refractivity contribution in [3.63, 3.8) is 0 Å². The molecule has 1 aromatic rings. The van der Waals surface area contributed by atoms with Crippen LogP contribution in [0.1, 0.15) is 12.0 Å². The molecule has 0 amide bonds. The Morgan fingerprint density at radius 3 is 2.44 bits per heavy atom. The Balaban J connectivity index is 2.11. The number of piperidine rings is 1. The first-order chi connectivity index (χ1) is 8.38. The maximum absolute atomic E-state index is 12.3. The summed E-state index contributed by atoms with van der Waals surface area (Å²) < 4.78 is 37.0. The Morgan fingerprint density at radius 1 is 1.33 bits per heavy atom. The van der Waals surface area contributed by atoms with Crippen LogP contribution in [-0.4, -0.2) is 40.3 Å². The molecule has 2 atom stereocenters. The number of anilines is 1. The third kappa shape index (κ3) is 2.70. The summed E-state index contributed by atoms with van der Waals surface area (Å²) in [6, 6.07) is -0.310. The highest BCUT2D eigenvalue weighted by molar-refractivity contribution is 5.31. The summed E-state index contributed by atoms with van der Waals surface area (Å²) in [4.78, 5) is 8.96. The number of rotatable bonds is 1. The third-order valence-electron chi connectivity index (χ3n) is 2.88. The number of aliphatic hydroxyl groups excluding tert-OH is 1. The lowest BCUT2D eigenvalue weighted by atomic mass is 10.0. The fraction of sp³-hybridized carbons (Fsp3) is 0.600. The number of alkyl halides is 3. The molecule has 0 saturated carbocycles. The van der Waals surface area contributed by atoms with Crippen LogP contribution in [0.5, 0.6) is 0 Å². The summed E-state index contributed by atoms with van der Waals surface area (Å²) in [5, 5.41) is 9.59. The van der Waals surface area contributed by atoms with Gasteiger partial charge in [0, 0.05) is 31.5 Å². The van der Waals surface area contributed by atoms with Crippen LogP contribution in [-0.2, 0) is 6.18 Å². The molecule has 1 fully saturated rings. The van der Waals surface area contributed by atoms with Gasteiger partial charge < -0.3 is 15.7 Å². The lowest BCUT2D eigenvalue weighted by Gasteiger charge is -2.33. The molecule has 0 unspecified atom stereocenters. The average molecular weight is 262 g/mol. The molecule has 1 aliphatic rings. The van der Waals surface area contributed by atoms with E-state index in [4.69, 9.17) is 5.73 Å². The molecule has 0 radical (unpaired) electrons. The minimum atomic E-state index is -4.44. The molecule has 0 aromatic carbocycles. The molecule has 1 saturated heterocycles. The zero-order valence-corrected chi connectivity index (χ0v) is 9.43. The number of nitrogens with two attached hydrogens (primary N) is 1. The molecule has 100 valence electrons. The third-order valence-corrected chi connectivity index (χ3v) is 2.88. The normalized spacial score (nSPS) is 25.3. The molecule has 0 aliphatic carbocycles. The summed E-state index contributed by atoms with van der Waals surface area (Å²) in [7, 11) is 0. The van der Waals surface area contributed by atoms with Crippen LogP contribution < -0.4 is 10.6 Å². The zero-order valence-electron chi connectivity index (χ0n) is 9.43. The maximum Gasteiger partial charge on any atom is 0.419 e. The van der Waals surface area contributed by atoms with Crippen LogP contribution in [0.25, 0.3) is 0 Å². The number of halogens is 3. The van der Waals surface area contributed by atoms with E-state index in [0.29, 0.717) is 13.0 Å². The Hall–Kier alpha value is -1.41. The van der Waals surface area contributed by atoms with Gasteiger partial charge in [0.25, 0.3) is 0 Å². The molecule has 1 aromatic heterocycles. The second-order valence-electron chi connectivity index (χ2n) is 4.24. The summed E-state index contributed by atoms with van der Waals surface area (Å²) in [5.41, 5.74) is 4.75. The van der Waals surface area contributed by atoms with Gasteiger partial charge in [0.05, 0.1) is 11.7 Å². The Bertz CT molecular complexity index is 409. The Morgan fingerprint density at radius 2 is 1.94 bits per heavy atom. The Kier molecular flexibility index (Phi) is 3.40. The fourth-order valence-corrected chi connectivity index (χ4v) is 1.76. The zero-order chi connectivity index (χ0) is 13.3. The summed E-state index contributed by atoms with van der Waals surface area (Å²) in [6.45, 7) is 0.746. The monoisotopic (exact) mass is 262 g/mol. The van der Waals surface area contributed by atoms with E-state index in [0.717, 1.165) is 12.4 Å². The molecule has 3 N–H and O–H groups in total. The lowest BCUT2D eigenvalue weighted by Crippen LogP contribution is -2.51. The van der Waals surface area contributed by atoms with Crippen molar-refractivity contribution in [3.05, 3.63) is 18.0 Å².